The Morgan fingerprint density at radius 1 is 1.03 bits per heavy atom. The predicted molar refractivity (Wildman–Crippen MR) is 126 cm³/mol. The Balaban J connectivity index is 1.39. The van der Waals surface area contributed by atoms with E-state index in [0.717, 1.165) is 12.0 Å². The van der Waals surface area contributed by atoms with Crippen LogP contribution in [0.2, 0.25) is 0 Å². The first-order valence-corrected chi connectivity index (χ1v) is 12.8. The minimum Gasteiger partial charge on any atom is -0.458 e. The van der Waals surface area contributed by atoms with E-state index in [1.807, 2.05) is 26.0 Å². The Labute approximate surface area is 211 Å². The highest BCUT2D eigenvalue weighted by molar-refractivity contribution is 5.92. The van der Waals surface area contributed by atoms with Crippen LogP contribution in [0.3, 0.4) is 0 Å². The summed E-state index contributed by atoms with van der Waals surface area (Å²) in [5.41, 5.74) is -1.43. The standard InChI is InChI=1S/C28H34O8/c1-15(29)32-14-21(31)28-22(34-24(3,4)36-28)12-20-19-8-7-17-11-18(33-16(2)30)9-10-25(17,5)27(19)23(35-27)13-26(20,28)6/h7,9-11,19-20,22-23H,8,12-14H2,1-6H3/t19-,20-,22?,23-,25-,26-,27+,28+/m0/s1. The van der Waals surface area contributed by atoms with E-state index in [2.05, 4.69) is 26.0 Å². The van der Waals surface area contributed by atoms with E-state index >= 15 is 0 Å². The summed E-state index contributed by atoms with van der Waals surface area (Å²) in [6.45, 7) is 10.4. The Morgan fingerprint density at radius 2 is 1.78 bits per heavy atom. The van der Waals surface area contributed by atoms with Gasteiger partial charge in [-0.3, -0.25) is 14.4 Å². The first kappa shape index (κ1) is 24.1. The summed E-state index contributed by atoms with van der Waals surface area (Å²) in [7, 11) is 0. The van der Waals surface area contributed by atoms with Gasteiger partial charge in [-0.15, -0.1) is 0 Å². The molecule has 2 aliphatic heterocycles. The van der Waals surface area contributed by atoms with Gasteiger partial charge in [0.25, 0.3) is 0 Å². The van der Waals surface area contributed by atoms with Crippen LogP contribution < -0.4 is 0 Å². The van der Waals surface area contributed by atoms with Crippen molar-refractivity contribution < 1.29 is 38.1 Å². The molecule has 4 fully saturated rings. The second-order valence-corrected chi connectivity index (χ2v) is 12.1. The zero-order chi connectivity index (χ0) is 25.9. The van der Waals surface area contributed by atoms with Crippen LogP contribution in [-0.2, 0) is 38.1 Å². The average Bonchev–Trinajstić information content (AvgIpc) is 3.35. The monoisotopic (exact) mass is 498 g/mol. The molecule has 0 amide bonds. The maximum Gasteiger partial charge on any atom is 0.308 e. The number of fused-ring (bicyclic) bond motifs is 5. The number of ketones is 1. The molecule has 8 heteroatoms. The molecule has 1 unspecified atom stereocenters. The molecule has 8 nitrogen and oxygen atoms in total. The van der Waals surface area contributed by atoms with Gasteiger partial charge in [0.15, 0.2) is 18.0 Å². The van der Waals surface area contributed by atoms with Crippen molar-refractivity contribution in [2.75, 3.05) is 6.61 Å². The third-order valence-corrected chi connectivity index (χ3v) is 9.79. The SMILES string of the molecule is CC(=O)OCC(=O)[C@@]12OC(C)(C)OC1C[C@H]1[C@@H]3CC=C4C=C(OC(C)=O)C=C[C@]4(C)[C@@]34O[C@H]4C[C@@]12C. The minimum absolute atomic E-state index is 0.0600. The van der Waals surface area contributed by atoms with Crippen molar-refractivity contribution in [3.63, 3.8) is 0 Å². The number of allylic oxidation sites excluding steroid dienone is 3. The zero-order valence-corrected chi connectivity index (χ0v) is 21.7. The minimum atomic E-state index is -1.20. The average molecular weight is 499 g/mol. The van der Waals surface area contributed by atoms with Crippen molar-refractivity contribution >= 4 is 17.7 Å². The number of carbonyl (C=O) groups is 3. The molecule has 0 N–H and O–H groups in total. The summed E-state index contributed by atoms with van der Waals surface area (Å²) in [4.78, 5) is 36.8. The number of hydrogen-bond acceptors (Lipinski definition) is 8. The summed E-state index contributed by atoms with van der Waals surface area (Å²) in [5, 5.41) is 0. The van der Waals surface area contributed by atoms with Gasteiger partial charge in [-0.2, -0.15) is 0 Å². The molecule has 0 aromatic carbocycles. The zero-order valence-electron chi connectivity index (χ0n) is 21.7. The molecule has 2 saturated carbocycles. The highest BCUT2D eigenvalue weighted by Crippen LogP contribution is 2.77. The predicted octanol–water partition coefficient (Wildman–Crippen LogP) is 3.55. The normalized spacial score (nSPS) is 46.7. The number of Topliss-reactive ketones (excluding diaryl/α,β-unsaturated/α-hetero) is 1. The van der Waals surface area contributed by atoms with Crippen molar-refractivity contribution in [1.82, 2.24) is 0 Å². The molecule has 6 rings (SSSR count). The molecule has 0 bridgehead atoms. The third kappa shape index (κ3) is 2.83. The van der Waals surface area contributed by atoms with Gasteiger partial charge in [-0.25, -0.2) is 0 Å². The number of carbonyl (C=O) groups excluding carboxylic acids is 3. The Kier molecular flexibility index (Phi) is 4.80. The molecule has 1 spiro atoms. The van der Waals surface area contributed by atoms with E-state index in [-0.39, 0.29) is 41.7 Å². The molecular formula is C28H34O8. The highest BCUT2D eigenvalue weighted by atomic mass is 16.8. The van der Waals surface area contributed by atoms with Gasteiger partial charge in [0, 0.05) is 24.7 Å². The Hall–Kier alpha value is -2.29. The van der Waals surface area contributed by atoms with E-state index in [1.165, 1.54) is 13.8 Å². The maximum absolute atomic E-state index is 13.8. The molecule has 4 aliphatic carbocycles. The topological polar surface area (TPSA) is 101 Å². The van der Waals surface area contributed by atoms with E-state index < -0.39 is 34.5 Å². The van der Waals surface area contributed by atoms with Crippen molar-refractivity contribution in [3.8, 4) is 0 Å². The van der Waals surface area contributed by atoms with E-state index in [4.69, 9.17) is 23.7 Å². The van der Waals surface area contributed by atoms with Gasteiger partial charge in [0.2, 0.25) is 5.78 Å². The van der Waals surface area contributed by atoms with Gasteiger partial charge in [0.05, 0.1) is 12.2 Å². The second kappa shape index (κ2) is 7.17. The Morgan fingerprint density at radius 3 is 2.47 bits per heavy atom. The van der Waals surface area contributed by atoms with E-state index in [9.17, 15) is 14.4 Å². The first-order chi connectivity index (χ1) is 16.8. The van der Waals surface area contributed by atoms with Crippen molar-refractivity contribution in [1.29, 1.82) is 0 Å². The third-order valence-electron chi connectivity index (χ3n) is 9.79. The molecular weight excluding hydrogens is 464 g/mol. The van der Waals surface area contributed by atoms with Crippen LogP contribution in [0.15, 0.2) is 35.6 Å². The molecule has 2 saturated heterocycles. The van der Waals surface area contributed by atoms with Crippen molar-refractivity contribution in [3.05, 3.63) is 35.6 Å². The number of rotatable bonds is 4. The lowest BCUT2D eigenvalue weighted by Gasteiger charge is -2.55. The summed E-state index contributed by atoms with van der Waals surface area (Å²) in [6.07, 6.45) is 9.76. The molecule has 2 heterocycles. The lowest BCUT2D eigenvalue weighted by Crippen LogP contribution is -2.63. The van der Waals surface area contributed by atoms with Crippen LogP contribution >= 0.6 is 0 Å². The van der Waals surface area contributed by atoms with Gasteiger partial charge in [-0.1, -0.05) is 19.1 Å². The first-order valence-electron chi connectivity index (χ1n) is 12.8. The summed E-state index contributed by atoms with van der Waals surface area (Å²) in [5.74, 6) is -1.20. The fourth-order valence-electron chi connectivity index (χ4n) is 8.50. The van der Waals surface area contributed by atoms with E-state index in [0.29, 0.717) is 18.6 Å². The number of esters is 2. The fraction of sp³-hybridized carbons (Fsp3) is 0.679. The number of ether oxygens (including phenoxy) is 5. The largest absolute Gasteiger partial charge is 0.458 e. The van der Waals surface area contributed by atoms with Crippen LogP contribution in [0.4, 0.5) is 0 Å². The maximum atomic E-state index is 13.8. The molecule has 0 radical (unpaired) electrons. The van der Waals surface area contributed by atoms with Crippen LogP contribution in [0.5, 0.6) is 0 Å². The van der Waals surface area contributed by atoms with E-state index in [1.54, 1.807) is 0 Å². The Bertz CT molecular complexity index is 1160. The molecule has 194 valence electrons. The molecule has 8 atom stereocenters. The smallest absolute Gasteiger partial charge is 0.308 e. The van der Waals surface area contributed by atoms with Gasteiger partial charge >= 0.3 is 11.9 Å². The fourth-order valence-corrected chi connectivity index (χ4v) is 8.50. The summed E-state index contributed by atoms with van der Waals surface area (Å²) in [6, 6.07) is 0. The van der Waals surface area contributed by atoms with Crippen LogP contribution in [0, 0.1) is 22.7 Å². The second-order valence-electron chi connectivity index (χ2n) is 12.1. The number of epoxide rings is 1. The number of hydrogen-bond donors (Lipinski definition) is 0. The lowest BCUT2D eigenvalue weighted by molar-refractivity contribution is -0.211. The van der Waals surface area contributed by atoms with Gasteiger partial charge in [0.1, 0.15) is 11.4 Å². The van der Waals surface area contributed by atoms with Crippen LogP contribution in [-0.4, -0.2) is 53.5 Å². The molecule has 0 aromatic heterocycles. The summed E-state index contributed by atoms with van der Waals surface area (Å²) >= 11 is 0. The van der Waals surface area contributed by atoms with Crippen molar-refractivity contribution in [2.45, 2.75) is 90.0 Å². The molecule has 0 aromatic rings. The molecule has 36 heavy (non-hydrogen) atoms. The molecule has 6 aliphatic rings. The lowest BCUT2D eigenvalue weighted by atomic mass is 9.48. The van der Waals surface area contributed by atoms with Crippen molar-refractivity contribution in [2.24, 2.45) is 22.7 Å². The van der Waals surface area contributed by atoms with Crippen LogP contribution in [0.1, 0.15) is 60.8 Å². The quantitative estimate of drug-likeness (QED) is 0.429. The highest BCUT2D eigenvalue weighted by Gasteiger charge is 2.84. The summed E-state index contributed by atoms with van der Waals surface area (Å²) < 4.78 is 30.1. The van der Waals surface area contributed by atoms with Crippen LogP contribution in [0.25, 0.3) is 0 Å². The van der Waals surface area contributed by atoms with Gasteiger partial charge < -0.3 is 23.7 Å². The van der Waals surface area contributed by atoms with Gasteiger partial charge in [-0.05, 0) is 69.6 Å².